The van der Waals surface area contributed by atoms with E-state index in [0.717, 1.165) is 43.3 Å². The highest BCUT2D eigenvalue weighted by Gasteiger charge is 2.21. The number of guanidine groups is 1. The fourth-order valence-corrected chi connectivity index (χ4v) is 4.43. The van der Waals surface area contributed by atoms with E-state index in [0.29, 0.717) is 18.2 Å². The van der Waals surface area contributed by atoms with Crippen molar-refractivity contribution in [2.45, 2.75) is 44.4 Å². The predicted molar refractivity (Wildman–Crippen MR) is 106 cm³/mol. The molecule has 2 N–H and O–H groups in total. The minimum absolute atomic E-state index is 0.231. The lowest BCUT2D eigenvalue weighted by atomic mass is 10.2. The second-order valence-electron chi connectivity index (χ2n) is 6.53. The van der Waals surface area contributed by atoms with E-state index in [-0.39, 0.29) is 5.91 Å². The Morgan fingerprint density at radius 1 is 1.28 bits per heavy atom. The van der Waals surface area contributed by atoms with E-state index in [1.807, 2.05) is 17.0 Å². The van der Waals surface area contributed by atoms with Gasteiger partial charge in [0.05, 0.1) is 6.54 Å². The number of nitrogens with zero attached hydrogens (tertiary/aromatic N) is 2. The molecule has 0 aromatic heterocycles. The van der Waals surface area contributed by atoms with Crippen LogP contribution in [0.1, 0.15) is 38.2 Å². The van der Waals surface area contributed by atoms with Gasteiger partial charge in [0.1, 0.15) is 0 Å². The van der Waals surface area contributed by atoms with Crippen molar-refractivity contribution in [3.8, 4) is 0 Å². The Kier molecular flexibility index (Phi) is 6.62. The van der Waals surface area contributed by atoms with Crippen LogP contribution < -0.4 is 15.5 Å². The van der Waals surface area contributed by atoms with Crippen LogP contribution in [0.2, 0.25) is 0 Å². The number of hydrogen-bond acceptors (Lipinski definition) is 3. The van der Waals surface area contributed by atoms with E-state index in [1.54, 1.807) is 0 Å². The summed E-state index contributed by atoms with van der Waals surface area (Å²) in [6.07, 6.45) is 4.26. The molecular weight excluding hydrogens is 332 g/mol. The van der Waals surface area contributed by atoms with Crippen LogP contribution in [-0.4, -0.2) is 42.5 Å². The first-order chi connectivity index (χ1) is 12.3. The molecule has 2 saturated heterocycles. The first-order valence-electron chi connectivity index (χ1n) is 9.29. The summed E-state index contributed by atoms with van der Waals surface area (Å²) in [5.41, 5.74) is 2.15. The summed E-state index contributed by atoms with van der Waals surface area (Å²) >= 11 is 2.05. The monoisotopic (exact) mass is 360 g/mol. The maximum Gasteiger partial charge on any atom is 0.227 e. The number of anilines is 1. The van der Waals surface area contributed by atoms with E-state index in [2.05, 4.69) is 41.5 Å². The maximum absolute atomic E-state index is 11.8. The van der Waals surface area contributed by atoms with Gasteiger partial charge in [-0.1, -0.05) is 12.1 Å². The van der Waals surface area contributed by atoms with Gasteiger partial charge in [-0.05, 0) is 49.6 Å². The molecule has 1 unspecified atom stereocenters. The van der Waals surface area contributed by atoms with Gasteiger partial charge in [-0.2, -0.15) is 11.8 Å². The molecule has 0 aliphatic carbocycles. The third-order valence-electron chi connectivity index (χ3n) is 4.61. The van der Waals surface area contributed by atoms with Crippen molar-refractivity contribution >= 4 is 29.3 Å². The van der Waals surface area contributed by atoms with Crippen LogP contribution in [0.4, 0.5) is 5.69 Å². The number of carbonyl (C=O) groups is 1. The summed E-state index contributed by atoms with van der Waals surface area (Å²) in [5.74, 6) is 2.40. The molecule has 2 fully saturated rings. The van der Waals surface area contributed by atoms with Crippen LogP contribution in [0.3, 0.4) is 0 Å². The van der Waals surface area contributed by atoms with Crippen LogP contribution >= 0.6 is 11.8 Å². The molecule has 1 aromatic rings. The minimum Gasteiger partial charge on any atom is -0.357 e. The van der Waals surface area contributed by atoms with Gasteiger partial charge in [-0.25, -0.2) is 4.99 Å². The number of thioether (sulfide) groups is 1. The van der Waals surface area contributed by atoms with E-state index < -0.39 is 0 Å². The first-order valence-corrected chi connectivity index (χ1v) is 10.3. The summed E-state index contributed by atoms with van der Waals surface area (Å²) < 4.78 is 0. The van der Waals surface area contributed by atoms with Gasteiger partial charge in [0.25, 0.3) is 0 Å². The van der Waals surface area contributed by atoms with Crippen molar-refractivity contribution < 1.29 is 4.79 Å². The lowest BCUT2D eigenvalue weighted by Gasteiger charge is -2.16. The molecule has 3 rings (SSSR count). The number of nitrogens with one attached hydrogen (secondary N) is 2. The molecule has 2 aliphatic heterocycles. The van der Waals surface area contributed by atoms with Crippen molar-refractivity contribution in [2.75, 3.05) is 30.3 Å². The molecule has 0 spiro atoms. The van der Waals surface area contributed by atoms with Crippen molar-refractivity contribution in [1.29, 1.82) is 0 Å². The van der Waals surface area contributed by atoms with Crippen LogP contribution in [0.25, 0.3) is 0 Å². The van der Waals surface area contributed by atoms with Crippen LogP contribution in [0.15, 0.2) is 29.3 Å². The number of amides is 1. The van der Waals surface area contributed by atoms with E-state index in [1.165, 1.54) is 18.6 Å². The van der Waals surface area contributed by atoms with Gasteiger partial charge >= 0.3 is 0 Å². The van der Waals surface area contributed by atoms with Crippen molar-refractivity contribution in [3.63, 3.8) is 0 Å². The Morgan fingerprint density at radius 3 is 2.76 bits per heavy atom. The molecule has 5 nitrogen and oxygen atoms in total. The quantitative estimate of drug-likeness (QED) is 0.605. The molecule has 25 heavy (non-hydrogen) atoms. The molecule has 0 saturated carbocycles. The second-order valence-corrected chi connectivity index (χ2v) is 7.93. The zero-order valence-corrected chi connectivity index (χ0v) is 15.8. The maximum atomic E-state index is 11.8. The molecule has 0 bridgehead atoms. The number of aliphatic imine (C=N–C) groups is 1. The third-order valence-corrected chi connectivity index (χ3v) is 6.00. The Hall–Kier alpha value is -1.69. The Balaban J connectivity index is 1.55. The van der Waals surface area contributed by atoms with Crippen molar-refractivity contribution in [2.24, 2.45) is 4.99 Å². The van der Waals surface area contributed by atoms with Gasteiger partial charge in [-0.3, -0.25) is 4.79 Å². The zero-order valence-electron chi connectivity index (χ0n) is 15.0. The number of rotatable bonds is 6. The molecule has 1 atom stereocenters. The zero-order chi connectivity index (χ0) is 17.5. The van der Waals surface area contributed by atoms with E-state index in [4.69, 9.17) is 4.99 Å². The van der Waals surface area contributed by atoms with Gasteiger partial charge in [0.15, 0.2) is 5.96 Å². The standard InChI is InChI=1S/C19H28N4OS/c1-2-20-19(22-14-17-5-4-12-25-17)21-13-15-7-9-16(10-8-15)23-11-3-6-18(23)24/h7-10,17H,2-6,11-14H2,1H3,(H2,20,21,22). The fourth-order valence-electron chi connectivity index (χ4n) is 3.23. The van der Waals surface area contributed by atoms with Gasteiger partial charge in [-0.15, -0.1) is 0 Å². The molecule has 2 heterocycles. The van der Waals surface area contributed by atoms with E-state index >= 15 is 0 Å². The summed E-state index contributed by atoms with van der Waals surface area (Å²) in [6.45, 7) is 5.40. The average molecular weight is 361 g/mol. The minimum atomic E-state index is 0.231. The lowest BCUT2D eigenvalue weighted by Crippen LogP contribution is -2.40. The topological polar surface area (TPSA) is 56.7 Å². The molecule has 0 radical (unpaired) electrons. The molecule has 1 amide bonds. The number of hydrogen-bond donors (Lipinski definition) is 2. The Bertz CT molecular complexity index is 596. The fraction of sp³-hybridized carbons (Fsp3) is 0.579. The molecule has 6 heteroatoms. The Morgan fingerprint density at radius 2 is 2.12 bits per heavy atom. The summed E-state index contributed by atoms with van der Waals surface area (Å²) in [7, 11) is 0. The summed E-state index contributed by atoms with van der Waals surface area (Å²) in [5, 5.41) is 7.48. The van der Waals surface area contributed by atoms with E-state index in [9.17, 15) is 4.79 Å². The molecule has 1 aromatic carbocycles. The SMILES string of the molecule is CCNC(=NCc1ccc(N2CCCC2=O)cc1)NCC1CCCS1. The predicted octanol–water partition coefficient (Wildman–Crippen LogP) is 2.76. The number of carbonyl (C=O) groups excluding carboxylic acids is 1. The molecule has 2 aliphatic rings. The highest BCUT2D eigenvalue weighted by Crippen LogP contribution is 2.25. The van der Waals surface area contributed by atoms with Crippen LogP contribution in [0, 0.1) is 0 Å². The van der Waals surface area contributed by atoms with Gasteiger partial charge in [0.2, 0.25) is 5.91 Å². The average Bonchev–Trinajstić information content (AvgIpc) is 3.29. The second kappa shape index (κ2) is 9.13. The largest absolute Gasteiger partial charge is 0.357 e. The van der Waals surface area contributed by atoms with Crippen molar-refractivity contribution in [1.82, 2.24) is 10.6 Å². The first kappa shape index (κ1) is 18.1. The van der Waals surface area contributed by atoms with Gasteiger partial charge in [0, 0.05) is 37.0 Å². The normalized spacial score (nSPS) is 21.0. The van der Waals surface area contributed by atoms with Crippen molar-refractivity contribution in [3.05, 3.63) is 29.8 Å². The smallest absolute Gasteiger partial charge is 0.227 e. The highest BCUT2D eigenvalue weighted by molar-refractivity contribution is 8.00. The third kappa shape index (κ3) is 5.14. The van der Waals surface area contributed by atoms with Crippen LogP contribution in [-0.2, 0) is 11.3 Å². The highest BCUT2D eigenvalue weighted by atomic mass is 32.2. The molecule has 136 valence electrons. The van der Waals surface area contributed by atoms with Crippen LogP contribution in [0.5, 0.6) is 0 Å². The summed E-state index contributed by atoms with van der Waals surface area (Å²) in [6, 6.07) is 8.20. The lowest BCUT2D eigenvalue weighted by molar-refractivity contribution is -0.117. The Labute approximate surface area is 154 Å². The molecular formula is C19H28N4OS. The number of benzene rings is 1. The van der Waals surface area contributed by atoms with Gasteiger partial charge < -0.3 is 15.5 Å². The summed E-state index contributed by atoms with van der Waals surface area (Å²) in [4.78, 5) is 18.4.